The van der Waals surface area contributed by atoms with Gasteiger partial charge in [0.1, 0.15) is 6.54 Å². The van der Waals surface area contributed by atoms with Crippen molar-refractivity contribution in [3.63, 3.8) is 0 Å². The number of carbonyl (C=O) groups is 3. The van der Waals surface area contributed by atoms with E-state index in [0.29, 0.717) is 0 Å². The second kappa shape index (κ2) is 6.38. The van der Waals surface area contributed by atoms with E-state index in [1.807, 2.05) is 0 Å². The molecular formula is C17H22Br2N2O3. The molecule has 24 heavy (non-hydrogen) atoms. The van der Waals surface area contributed by atoms with Gasteiger partial charge >= 0.3 is 0 Å². The molecule has 5 nitrogen and oxygen atoms in total. The molecule has 4 fully saturated rings. The first-order valence-electron chi connectivity index (χ1n) is 8.91. The molecule has 4 aliphatic rings. The molecule has 3 saturated carbocycles. The summed E-state index contributed by atoms with van der Waals surface area (Å²) in [6.45, 7) is -0.111. The molecule has 0 unspecified atom stereocenters. The van der Waals surface area contributed by atoms with Gasteiger partial charge in [0.25, 0.3) is 0 Å². The summed E-state index contributed by atoms with van der Waals surface area (Å²) < 4.78 is 0. The number of carbonyl (C=O) groups excluding carboxylic acids is 3. The highest BCUT2D eigenvalue weighted by atomic mass is 79.9. The van der Waals surface area contributed by atoms with E-state index in [9.17, 15) is 14.4 Å². The molecule has 0 aromatic rings. The zero-order valence-corrected chi connectivity index (χ0v) is 16.6. The number of amides is 3. The van der Waals surface area contributed by atoms with E-state index in [0.717, 1.165) is 32.1 Å². The predicted octanol–water partition coefficient (Wildman–Crippen LogP) is 2.21. The minimum atomic E-state index is -0.233. The third-order valence-electron chi connectivity index (χ3n) is 6.35. The maximum atomic E-state index is 12.8. The fraction of sp³-hybridized carbons (Fsp3) is 0.824. The van der Waals surface area contributed by atoms with Crippen LogP contribution in [0.5, 0.6) is 0 Å². The molecule has 7 heteroatoms. The average Bonchev–Trinajstić information content (AvgIpc) is 3.16. The largest absolute Gasteiger partial charge is 0.352 e. The summed E-state index contributed by atoms with van der Waals surface area (Å²) in [6, 6.07) is 0.202. The number of imide groups is 1. The van der Waals surface area contributed by atoms with Gasteiger partial charge in [0.15, 0.2) is 0 Å². The van der Waals surface area contributed by atoms with Crippen molar-refractivity contribution in [2.75, 3.05) is 6.54 Å². The monoisotopic (exact) mass is 460 g/mol. The van der Waals surface area contributed by atoms with Gasteiger partial charge < -0.3 is 5.32 Å². The maximum Gasteiger partial charge on any atom is 0.240 e. The Hall–Kier alpha value is -0.430. The molecule has 2 bridgehead atoms. The minimum absolute atomic E-state index is 0.111. The first-order valence-corrected chi connectivity index (χ1v) is 10.7. The molecular weight excluding hydrogens is 440 g/mol. The van der Waals surface area contributed by atoms with Crippen LogP contribution in [0.4, 0.5) is 0 Å². The van der Waals surface area contributed by atoms with Gasteiger partial charge in [0.2, 0.25) is 17.7 Å². The van der Waals surface area contributed by atoms with Crippen molar-refractivity contribution in [3.05, 3.63) is 0 Å². The summed E-state index contributed by atoms with van der Waals surface area (Å²) in [5.41, 5.74) is 0. The fourth-order valence-electron chi connectivity index (χ4n) is 5.23. The Morgan fingerprint density at radius 2 is 1.54 bits per heavy atom. The molecule has 3 amide bonds. The summed E-state index contributed by atoms with van der Waals surface area (Å²) in [6.07, 6.45) is 6.42. The number of halogens is 2. The third-order valence-corrected chi connectivity index (χ3v) is 9.56. The van der Waals surface area contributed by atoms with Crippen LogP contribution in [0.1, 0.15) is 38.5 Å². The zero-order valence-electron chi connectivity index (χ0n) is 13.4. The van der Waals surface area contributed by atoms with Crippen molar-refractivity contribution in [1.82, 2.24) is 10.2 Å². The van der Waals surface area contributed by atoms with Crippen LogP contribution in [0.2, 0.25) is 0 Å². The number of nitrogens with zero attached hydrogens (tertiary/aromatic N) is 1. The van der Waals surface area contributed by atoms with E-state index in [4.69, 9.17) is 0 Å². The molecule has 1 aliphatic heterocycles. The standard InChI is InChI=1S/C17H22Br2N2O3/c18-14-9-6-10(15(14)19)13-12(9)16(23)21(17(13)24)7-11(22)20-8-4-2-1-3-5-8/h8-10,12-15H,1-7H2,(H,20,22)/t9-,10-,12-,13-,14-,15+/m1/s1. The first-order chi connectivity index (χ1) is 11.5. The van der Waals surface area contributed by atoms with Gasteiger partial charge in [-0.1, -0.05) is 51.1 Å². The van der Waals surface area contributed by atoms with Gasteiger partial charge in [-0.2, -0.15) is 0 Å². The molecule has 4 rings (SSSR count). The fourth-order valence-corrected chi connectivity index (χ4v) is 7.10. The van der Waals surface area contributed by atoms with E-state index in [1.54, 1.807) is 0 Å². The Balaban J connectivity index is 1.43. The van der Waals surface area contributed by atoms with Gasteiger partial charge in [-0.25, -0.2) is 0 Å². The van der Waals surface area contributed by atoms with Crippen molar-refractivity contribution in [3.8, 4) is 0 Å². The Morgan fingerprint density at radius 3 is 2.08 bits per heavy atom. The highest BCUT2D eigenvalue weighted by Crippen LogP contribution is 2.60. The summed E-state index contributed by atoms with van der Waals surface area (Å²) in [4.78, 5) is 39.5. The lowest BCUT2D eigenvalue weighted by Crippen LogP contribution is -2.45. The van der Waals surface area contributed by atoms with Gasteiger partial charge in [0, 0.05) is 15.7 Å². The van der Waals surface area contributed by atoms with Gasteiger partial charge in [-0.3, -0.25) is 19.3 Å². The molecule has 6 atom stereocenters. The first kappa shape index (κ1) is 17.0. The van der Waals surface area contributed by atoms with Crippen molar-refractivity contribution < 1.29 is 14.4 Å². The van der Waals surface area contributed by atoms with Crippen LogP contribution in [0.15, 0.2) is 0 Å². The number of hydrogen-bond acceptors (Lipinski definition) is 3. The number of hydrogen-bond donors (Lipinski definition) is 1. The Morgan fingerprint density at radius 1 is 1.00 bits per heavy atom. The second-order valence-electron chi connectivity index (χ2n) is 7.67. The quantitative estimate of drug-likeness (QED) is 0.517. The second-order valence-corrected chi connectivity index (χ2v) is 9.78. The van der Waals surface area contributed by atoms with Crippen LogP contribution in [0.3, 0.4) is 0 Å². The molecule has 0 aromatic heterocycles. The van der Waals surface area contributed by atoms with Crippen LogP contribution in [-0.2, 0) is 14.4 Å². The number of alkyl halides is 2. The highest BCUT2D eigenvalue weighted by molar-refractivity contribution is 9.12. The summed E-state index contributed by atoms with van der Waals surface area (Å²) in [5, 5.41) is 3.00. The summed E-state index contributed by atoms with van der Waals surface area (Å²) in [7, 11) is 0. The van der Waals surface area contributed by atoms with Crippen LogP contribution < -0.4 is 5.32 Å². The van der Waals surface area contributed by atoms with E-state index in [2.05, 4.69) is 37.2 Å². The molecule has 1 heterocycles. The van der Waals surface area contributed by atoms with Crippen molar-refractivity contribution in [2.24, 2.45) is 23.7 Å². The Labute approximate surface area is 158 Å². The molecule has 1 saturated heterocycles. The molecule has 0 radical (unpaired) electrons. The van der Waals surface area contributed by atoms with Crippen molar-refractivity contribution in [1.29, 1.82) is 0 Å². The lowest BCUT2D eigenvalue weighted by Gasteiger charge is -2.28. The molecule has 1 N–H and O–H groups in total. The van der Waals surface area contributed by atoms with Gasteiger partial charge in [-0.05, 0) is 31.1 Å². The smallest absolute Gasteiger partial charge is 0.240 e. The molecule has 0 aromatic carbocycles. The Bertz CT molecular complexity index is 546. The summed E-state index contributed by atoms with van der Waals surface area (Å²) >= 11 is 7.35. The SMILES string of the molecule is O=C(CN1C(=O)[C@@H]2[C@H]3C[C@@H]([C@@H](Br)[C@H]3Br)[C@H]2C1=O)NC1CCCCC1. The topological polar surface area (TPSA) is 66.5 Å². The normalized spacial score (nSPS) is 41.8. The molecule has 132 valence electrons. The lowest BCUT2D eigenvalue weighted by molar-refractivity contribution is -0.144. The van der Waals surface area contributed by atoms with E-state index >= 15 is 0 Å². The van der Waals surface area contributed by atoms with E-state index in [1.165, 1.54) is 11.3 Å². The van der Waals surface area contributed by atoms with E-state index < -0.39 is 0 Å². The summed E-state index contributed by atoms with van der Waals surface area (Å²) in [5.74, 6) is -0.534. The number of rotatable bonds is 3. The van der Waals surface area contributed by atoms with Crippen LogP contribution in [0.25, 0.3) is 0 Å². The number of nitrogens with one attached hydrogen (secondary N) is 1. The van der Waals surface area contributed by atoms with Crippen molar-refractivity contribution >= 4 is 49.6 Å². The molecule has 0 spiro atoms. The lowest BCUT2D eigenvalue weighted by atomic mass is 9.81. The average molecular weight is 462 g/mol. The van der Waals surface area contributed by atoms with Crippen LogP contribution >= 0.6 is 31.9 Å². The predicted molar refractivity (Wildman–Crippen MR) is 95.7 cm³/mol. The number of fused-ring (bicyclic) bond motifs is 5. The van der Waals surface area contributed by atoms with Gasteiger partial charge in [-0.15, -0.1) is 0 Å². The van der Waals surface area contributed by atoms with Gasteiger partial charge in [0.05, 0.1) is 11.8 Å². The highest BCUT2D eigenvalue weighted by Gasteiger charge is 2.66. The maximum absolute atomic E-state index is 12.8. The number of likely N-dealkylation sites (tertiary alicyclic amines) is 1. The molecule has 3 aliphatic carbocycles. The van der Waals surface area contributed by atoms with E-state index in [-0.39, 0.29) is 63.6 Å². The third kappa shape index (κ3) is 2.57. The van der Waals surface area contributed by atoms with Crippen LogP contribution in [-0.4, -0.2) is 44.9 Å². The van der Waals surface area contributed by atoms with Crippen molar-refractivity contribution in [2.45, 2.75) is 54.2 Å². The Kier molecular flexibility index (Phi) is 4.52. The zero-order chi connectivity index (χ0) is 17.0. The van der Waals surface area contributed by atoms with Crippen LogP contribution in [0, 0.1) is 23.7 Å². The minimum Gasteiger partial charge on any atom is -0.352 e.